The molecule has 0 bridgehead atoms. The summed E-state index contributed by atoms with van der Waals surface area (Å²) in [6.07, 6.45) is 1.62. The number of primary amides is 1. The number of fused-ring (bicyclic) bond motifs is 1. The van der Waals surface area contributed by atoms with Crippen LogP contribution in [0.4, 0.5) is 15.8 Å². The van der Waals surface area contributed by atoms with Gasteiger partial charge in [-0.25, -0.2) is 22.8 Å². The molecule has 5 rings (SSSR count). The molecule has 2 aromatic carbocycles. The maximum Gasteiger partial charge on any atom is 0.269 e. The number of halogens is 1. The summed E-state index contributed by atoms with van der Waals surface area (Å²) in [5.74, 6) is -1.48. The number of aromatic nitrogens is 4. The molecule has 0 saturated carbocycles. The van der Waals surface area contributed by atoms with Crippen molar-refractivity contribution in [3.8, 4) is 22.6 Å². The van der Waals surface area contributed by atoms with Crippen LogP contribution in [-0.2, 0) is 9.84 Å². The maximum atomic E-state index is 14.3. The summed E-state index contributed by atoms with van der Waals surface area (Å²) in [7, 11) is -3.08. The number of hydrogen-bond donors (Lipinski definition) is 4. The Labute approximate surface area is 193 Å². The molecule has 1 saturated heterocycles. The number of benzene rings is 2. The van der Waals surface area contributed by atoms with Gasteiger partial charge in [-0.1, -0.05) is 6.07 Å². The minimum absolute atomic E-state index is 0.0101. The van der Waals surface area contributed by atoms with Crippen molar-refractivity contribution in [2.24, 2.45) is 5.73 Å². The first-order chi connectivity index (χ1) is 16.1. The summed E-state index contributed by atoms with van der Waals surface area (Å²) in [6.45, 7) is 1.86. The third kappa shape index (κ3) is 3.71. The monoisotopic (exact) mass is 481 g/mol. The van der Waals surface area contributed by atoms with Crippen molar-refractivity contribution in [1.29, 1.82) is 0 Å². The molecule has 0 radical (unpaired) electrons. The fourth-order valence-electron chi connectivity index (χ4n) is 4.10. The topological polar surface area (TPSA) is 170 Å². The van der Waals surface area contributed by atoms with E-state index in [4.69, 9.17) is 11.5 Å². The van der Waals surface area contributed by atoms with Crippen molar-refractivity contribution in [3.05, 3.63) is 53.6 Å². The van der Waals surface area contributed by atoms with Crippen molar-refractivity contribution < 1.29 is 17.6 Å². The van der Waals surface area contributed by atoms with E-state index >= 15 is 0 Å². The Kier molecular flexibility index (Phi) is 4.97. The number of carbonyl (C=O) groups is 1. The molecule has 0 unspecified atom stereocenters. The third-order valence-electron chi connectivity index (χ3n) is 5.74. The lowest BCUT2D eigenvalue weighted by Gasteiger charge is -2.28. The second kappa shape index (κ2) is 7.76. The molecule has 0 atom stereocenters. The van der Waals surface area contributed by atoms with Crippen molar-refractivity contribution in [1.82, 2.24) is 20.2 Å². The van der Waals surface area contributed by atoms with Gasteiger partial charge in [-0.2, -0.15) is 5.10 Å². The van der Waals surface area contributed by atoms with E-state index in [9.17, 15) is 17.6 Å². The fourth-order valence-corrected chi connectivity index (χ4v) is 5.40. The Morgan fingerprint density at radius 3 is 2.68 bits per heavy atom. The Balaban J connectivity index is 1.72. The van der Waals surface area contributed by atoms with E-state index < -0.39 is 21.6 Å². The van der Waals surface area contributed by atoms with Crippen LogP contribution in [0.1, 0.15) is 16.1 Å². The van der Waals surface area contributed by atoms with Crippen LogP contribution in [-0.4, -0.2) is 52.0 Å². The van der Waals surface area contributed by atoms with Crippen LogP contribution < -0.4 is 16.8 Å². The average molecular weight is 482 g/mol. The van der Waals surface area contributed by atoms with Crippen LogP contribution in [0.15, 0.2) is 36.5 Å². The molecule has 3 heterocycles. The second-order valence-electron chi connectivity index (χ2n) is 8.22. The zero-order chi connectivity index (χ0) is 24.2. The van der Waals surface area contributed by atoms with Gasteiger partial charge in [0.15, 0.2) is 21.4 Å². The van der Waals surface area contributed by atoms with Gasteiger partial charge in [-0.3, -0.25) is 9.89 Å². The molecule has 1 fully saturated rings. The standard InChI is InChI=1S/C22H20FN7O3S/c1-10-2-4-16-14(7-26-30-16)17(10)19-18(24)20(21(25)31)29-22(28-19)13-6-11(23)3-5-15(13)27-12-8-34(32,33)9-12/h2-7,12,27H,8-9,24H2,1H3,(H2,25,31)(H,26,30). The summed E-state index contributed by atoms with van der Waals surface area (Å²) in [5.41, 5.74) is 14.7. The number of sulfone groups is 1. The van der Waals surface area contributed by atoms with Gasteiger partial charge >= 0.3 is 0 Å². The first-order valence-electron chi connectivity index (χ1n) is 10.3. The van der Waals surface area contributed by atoms with Gasteiger partial charge in [-0.15, -0.1) is 0 Å². The summed E-state index contributed by atoms with van der Waals surface area (Å²) < 4.78 is 37.4. The van der Waals surface area contributed by atoms with Crippen LogP contribution in [0, 0.1) is 12.7 Å². The largest absolute Gasteiger partial charge is 0.395 e. The highest BCUT2D eigenvalue weighted by Gasteiger charge is 2.34. The normalized spacial score (nSPS) is 15.2. The SMILES string of the molecule is Cc1ccc2[nH]ncc2c1-c1nc(-c2cc(F)ccc2NC2CS(=O)(=O)C2)nc(C(N)=O)c1N. The average Bonchev–Trinajstić information content (AvgIpc) is 3.23. The number of hydrogen-bond acceptors (Lipinski definition) is 8. The maximum absolute atomic E-state index is 14.3. The molecule has 1 aliphatic heterocycles. The number of nitrogens with two attached hydrogens (primary N) is 2. The van der Waals surface area contributed by atoms with E-state index in [-0.39, 0.29) is 46.0 Å². The number of aromatic amines is 1. The van der Waals surface area contributed by atoms with Gasteiger partial charge in [0.05, 0.1) is 40.6 Å². The predicted molar refractivity (Wildman–Crippen MR) is 126 cm³/mol. The molecule has 1 amide bonds. The van der Waals surface area contributed by atoms with Crippen molar-refractivity contribution in [2.75, 3.05) is 22.6 Å². The number of anilines is 2. The molecule has 174 valence electrons. The molecule has 34 heavy (non-hydrogen) atoms. The molecule has 0 aliphatic carbocycles. The lowest BCUT2D eigenvalue weighted by atomic mass is 9.99. The smallest absolute Gasteiger partial charge is 0.269 e. The van der Waals surface area contributed by atoms with E-state index in [1.807, 2.05) is 19.1 Å². The Bertz CT molecular complexity index is 1570. The molecule has 10 nitrogen and oxygen atoms in total. The van der Waals surface area contributed by atoms with Gasteiger partial charge in [-0.05, 0) is 36.8 Å². The highest BCUT2D eigenvalue weighted by Crippen LogP contribution is 2.37. The van der Waals surface area contributed by atoms with Gasteiger partial charge in [0.25, 0.3) is 5.91 Å². The predicted octanol–water partition coefficient (Wildman–Crippen LogP) is 2.02. The first kappa shape index (κ1) is 21.8. The van der Waals surface area contributed by atoms with E-state index in [1.165, 1.54) is 18.2 Å². The van der Waals surface area contributed by atoms with Crippen molar-refractivity contribution >= 4 is 38.0 Å². The van der Waals surface area contributed by atoms with E-state index in [0.717, 1.165) is 16.5 Å². The number of nitrogens with one attached hydrogen (secondary N) is 2. The van der Waals surface area contributed by atoms with Gasteiger partial charge < -0.3 is 16.8 Å². The van der Waals surface area contributed by atoms with Crippen molar-refractivity contribution in [2.45, 2.75) is 13.0 Å². The molecule has 12 heteroatoms. The Morgan fingerprint density at radius 1 is 1.21 bits per heavy atom. The molecular weight excluding hydrogens is 461 g/mol. The van der Waals surface area contributed by atoms with Crippen LogP contribution in [0.5, 0.6) is 0 Å². The molecule has 2 aromatic heterocycles. The van der Waals surface area contributed by atoms with Crippen LogP contribution >= 0.6 is 0 Å². The lowest BCUT2D eigenvalue weighted by Crippen LogP contribution is -2.46. The second-order valence-corrected chi connectivity index (χ2v) is 10.4. The number of rotatable bonds is 5. The minimum Gasteiger partial charge on any atom is -0.395 e. The van der Waals surface area contributed by atoms with Gasteiger partial charge in [0, 0.05) is 22.2 Å². The number of amides is 1. The Hall–Kier alpha value is -4.06. The zero-order valence-electron chi connectivity index (χ0n) is 18.0. The summed E-state index contributed by atoms with van der Waals surface area (Å²) in [6, 6.07) is 7.30. The molecule has 6 N–H and O–H groups in total. The summed E-state index contributed by atoms with van der Waals surface area (Å²) >= 11 is 0. The van der Waals surface area contributed by atoms with E-state index in [2.05, 4.69) is 25.5 Å². The third-order valence-corrected chi connectivity index (χ3v) is 7.56. The number of H-pyrrole nitrogens is 1. The Morgan fingerprint density at radius 2 is 1.97 bits per heavy atom. The van der Waals surface area contributed by atoms with E-state index in [1.54, 1.807) is 6.20 Å². The van der Waals surface area contributed by atoms with Crippen molar-refractivity contribution in [3.63, 3.8) is 0 Å². The minimum atomic E-state index is -3.08. The molecule has 4 aromatic rings. The highest BCUT2D eigenvalue weighted by atomic mass is 32.2. The summed E-state index contributed by atoms with van der Waals surface area (Å²) in [5, 5.41) is 10.8. The summed E-state index contributed by atoms with van der Waals surface area (Å²) in [4.78, 5) is 21.1. The first-order valence-corrected chi connectivity index (χ1v) is 12.1. The number of nitrogen functional groups attached to an aromatic ring is 1. The highest BCUT2D eigenvalue weighted by molar-refractivity contribution is 7.92. The van der Waals surface area contributed by atoms with Gasteiger partial charge in [0.2, 0.25) is 0 Å². The van der Waals surface area contributed by atoms with Crippen LogP contribution in [0.3, 0.4) is 0 Å². The number of nitrogens with zero attached hydrogens (tertiary/aromatic N) is 3. The van der Waals surface area contributed by atoms with Crippen LogP contribution in [0.25, 0.3) is 33.5 Å². The van der Waals surface area contributed by atoms with Gasteiger partial charge in [0.1, 0.15) is 5.82 Å². The zero-order valence-corrected chi connectivity index (χ0v) is 18.8. The lowest BCUT2D eigenvalue weighted by molar-refractivity contribution is 0.0996. The molecule has 0 spiro atoms. The van der Waals surface area contributed by atoms with Crippen LogP contribution in [0.2, 0.25) is 0 Å². The molecule has 1 aliphatic rings. The van der Waals surface area contributed by atoms with E-state index in [0.29, 0.717) is 11.3 Å². The molecular formula is C22H20FN7O3S. The quantitative estimate of drug-likeness (QED) is 0.335. The number of carbonyl (C=O) groups excluding carboxylic acids is 1. The fraction of sp³-hybridized carbons (Fsp3) is 0.182. The number of aryl methyl sites for hydroxylation is 1.